The highest BCUT2D eigenvalue weighted by Gasteiger charge is 2.25. The minimum Gasteiger partial charge on any atom is -0.481 e. The van der Waals surface area contributed by atoms with E-state index in [9.17, 15) is 4.79 Å². The molecular weight excluding hydrogens is 250 g/mol. The average molecular weight is 275 g/mol. The Morgan fingerprint density at radius 3 is 2.80 bits per heavy atom. The topological polar surface area (TPSA) is 38.3 Å². The van der Waals surface area contributed by atoms with Gasteiger partial charge in [0, 0.05) is 6.04 Å². The predicted molar refractivity (Wildman–Crippen MR) is 80.8 cm³/mol. The van der Waals surface area contributed by atoms with Crippen molar-refractivity contribution < 1.29 is 9.53 Å². The van der Waals surface area contributed by atoms with Crippen LogP contribution in [0.5, 0.6) is 5.75 Å². The van der Waals surface area contributed by atoms with Gasteiger partial charge in [-0.1, -0.05) is 31.9 Å². The fourth-order valence-corrected chi connectivity index (χ4v) is 2.78. The number of benzene rings is 1. The summed E-state index contributed by atoms with van der Waals surface area (Å²) in [7, 11) is 0. The summed E-state index contributed by atoms with van der Waals surface area (Å²) >= 11 is 0. The van der Waals surface area contributed by atoms with Crippen molar-refractivity contribution in [2.24, 2.45) is 5.92 Å². The second-order valence-corrected chi connectivity index (χ2v) is 5.95. The zero-order valence-electron chi connectivity index (χ0n) is 12.7. The molecule has 0 bridgehead atoms. The third-order valence-electron chi connectivity index (χ3n) is 4.11. The molecule has 1 amide bonds. The fourth-order valence-electron chi connectivity index (χ4n) is 2.78. The van der Waals surface area contributed by atoms with Gasteiger partial charge in [-0.15, -0.1) is 0 Å². The Hall–Kier alpha value is -1.51. The standard InChI is InChI=1S/C17H25NO2/c1-12-7-6-9-15(11-12)20-14(3)17(19)18-16-10-5-4-8-13(16)2/h6-7,9,11,13-14,16H,4-5,8,10H2,1-3H3,(H,18,19)/t13-,14+,16+/m0/s1. The van der Waals surface area contributed by atoms with Crippen LogP contribution in [0.3, 0.4) is 0 Å². The van der Waals surface area contributed by atoms with Crippen LogP contribution < -0.4 is 10.1 Å². The molecule has 2 rings (SSSR count). The second-order valence-electron chi connectivity index (χ2n) is 5.95. The Balaban J connectivity index is 1.88. The van der Waals surface area contributed by atoms with Crippen molar-refractivity contribution in [3.05, 3.63) is 29.8 Å². The van der Waals surface area contributed by atoms with Gasteiger partial charge in [-0.3, -0.25) is 4.79 Å². The maximum absolute atomic E-state index is 12.2. The third-order valence-corrected chi connectivity index (χ3v) is 4.11. The molecule has 1 aromatic rings. The first-order valence-corrected chi connectivity index (χ1v) is 7.60. The lowest BCUT2D eigenvalue weighted by Gasteiger charge is -2.30. The summed E-state index contributed by atoms with van der Waals surface area (Å²) in [6.45, 7) is 6.04. The van der Waals surface area contributed by atoms with Gasteiger partial charge in [-0.05, 0) is 50.3 Å². The lowest BCUT2D eigenvalue weighted by Crippen LogP contribution is -2.46. The molecule has 1 saturated carbocycles. The molecule has 1 aliphatic rings. The summed E-state index contributed by atoms with van der Waals surface area (Å²) in [6.07, 6.45) is 4.33. The fraction of sp³-hybridized carbons (Fsp3) is 0.588. The number of ether oxygens (including phenoxy) is 1. The highest BCUT2D eigenvalue weighted by Crippen LogP contribution is 2.24. The molecule has 0 radical (unpaired) electrons. The summed E-state index contributed by atoms with van der Waals surface area (Å²) in [5.74, 6) is 1.31. The SMILES string of the molecule is Cc1cccc(O[C@H](C)C(=O)N[C@@H]2CCCC[C@@H]2C)c1. The van der Waals surface area contributed by atoms with Crippen molar-refractivity contribution in [1.29, 1.82) is 0 Å². The van der Waals surface area contributed by atoms with Crippen molar-refractivity contribution in [2.45, 2.75) is 58.6 Å². The van der Waals surface area contributed by atoms with Crippen LogP contribution in [0.4, 0.5) is 0 Å². The molecular formula is C17H25NO2. The summed E-state index contributed by atoms with van der Waals surface area (Å²) in [4.78, 5) is 12.2. The van der Waals surface area contributed by atoms with E-state index in [1.165, 1.54) is 19.3 Å². The number of carbonyl (C=O) groups excluding carboxylic acids is 1. The molecule has 0 heterocycles. The average Bonchev–Trinajstić information content (AvgIpc) is 2.41. The Labute approximate surface area is 121 Å². The summed E-state index contributed by atoms with van der Waals surface area (Å²) in [5, 5.41) is 3.14. The minimum absolute atomic E-state index is 0.00902. The smallest absolute Gasteiger partial charge is 0.261 e. The zero-order valence-corrected chi connectivity index (χ0v) is 12.7. The Bertz CT molecular complexity index is 458. The number of hydrogen-bond acceptors (Lipinski definition) is 2. The number of nitrogens with one attached hydrogen (secondary N) is 1. The Kier molecular flexibility index (Phi) is 5.05. The molecule has 1 aliphatic carbocycles. The van der Waals surface area contributed by atoms with E-state index in [0.29, 0.717) is 12.0 Å². The number of aryl methyl sites for hydroxylation is 1. The van der Waals surface area contributed by atoms with Gasteiger partial charge >= 0.3 is 0 Å². The molecule has 110 valence electrons. The van der Waals surface area contributed by atoms with Crippen LogP contribution in [-0.4, -0.2) is 18.1 Å². The molecule has 0 aromatic heterocycles. The quantitative estimate of drug-likeness (QED) is 0.914. The lowest BCUT2D eigenvalue weighted by atomic mass is 9.86. The highest BCUT2D eigenvalue weighted by molar-refractivity contribution is 5.81. The molecule has 1 aromatic carbocycles. The first-order chi connectivity index (χ1) is 9.56. The van der Waals surface area contributed by atoms with Crippen LogP contribution >= 0.6 is 0 Å². The molecule has 0 unspecified atom stereocenters. The molecule has 0 saturated heterocycles. The van der Waals surface area contributed by atoms with Crippen molar-refractivity contribution >= 4 is 5.91 Å². The van der Waals surface area contributed by atoms with Crippen LogP contribution in [0.25, 0.3) is 0 Å². The van der Waals surface area contributed by atoms with Crippen LogP contribution in [0.1, 0.15) is 45.1 Å². The van der Waals surface area contributed by atoms with Crippen molar-refractivity contribution in [2.75, 3.05) is 0 Å². The second kappa shape index (κ2) is 6.78. The predicted octanol–water partition coefficient (Wildman–Crippen LogP) is 3.46. The van der Waals surface area contributed by atoms with Crippen molar-refractivity contribution in [1.82, 2.24) is 5.32 Å². The molecule has 0 aliphatic heterocycles. The van der Waals surface area contributed by atoms with E-state index < -0.39 is 6.10 Å². The normalized spacial score (nSPS) is 23.9. The molecule has 3 heteroatoms. The zero-order chi connectivity index (χ0) is 14.5. The molecule has 3 nitrogen and oxygen atoms in total. The van der Waals surface area contributed by atoms with E-state index >= 15 is 0 Å². The van der Waals surface area contributed by atoms with E-state index in [2.05, 4.69) is 12.2 Å². The van der Waals surface area contributed by atoms with Crippen LogP contribution in [0.2, 0.25) is 0 Å². The first kappa shape index (κ1) is 14.9. The van der Waals surface area contributed by atoms with E-state index in [0.717, 1.165) is 17.7 Å². The van der Waals surface area contributed by atoms with Gasteiger partial charge in [0.05, 0.1) is 0 Å². The van der Waals surface area contributed by atoms with Gasteiger partial charge < -0.3 is 10.1 Å². The number of hydrogen-bond donors (Lipinski definition) is 1. The van der Waals surface area contributed by atoms with Crippen LogP contribution in [0.15, 0.2) is 24.3 Å². The number of amides is 1. The van der Waals surface area contributed by atoms with Gasteiger partial charge in [0.15, 0.2) is 6.10 Å². The minimum atomic E-state index is -0.453. The van der Waals surface area contributed by atoms with Gasteiger partial charge in [0.25, 0.3) is 5.91 Å². The molecule has 1 N–H and O–H groups in total. The summed E-state index contributed by atoms with van der Waals surface area (Å²) in [5.41, 5.74) is 1.14. The van der Waals surface area contributed by atoms with Gasteiger partial charge in [-0.25, -0.2) is 0 Å². The third kappa shape index (κ3) is 3.99. The monoisotopic (exact) mass is 275 g/mol. The molecule has 0 spiro atoms. The molecule has 1 fully saturated rings. The van der Waals surface area contributed by atoms with Gasteiger partial charge in [0.1, 0.15) is 5.75 Å². The first-order valence-electron chi connectivity index (χ1n) is 7.60. The van der Waals surface area contributed by atoms with Crippen LogP contribution in [-0.2, 0) is 4.79 Å². The van der Waals surface area contributed by atoms with Gasteiger partial charge in [0.2, 0.25) is 0 Å². The maximum Gasteiger partial charge on any atom is 0.261 e. The van der Waals surface area contributed by atoms with Crippen molar-refractivity contribution in [3.8, 4) is 5.75 Å². The molecule has 3 atom stereocenters. The van der Waals surface area contributed by atoms with E-state index in [-0.39, 0.29) is 5.91 Å². The molecule has 20 heavy (non-hydrogen) atoms. The van der Waals surface area contributed by atoms with E-state index in [4.69, 9.17) is 4.74 Å². The number of rotatable bonds is 4. The van der Waals surface area contributed by atoms with Crippen molar-refractivity contribution in [3.63, 3.8) is 0 Å². The van der Waals surface area contributed by atoms with Crippen LogP contribution in [0, 0.1) is 12.8 Å². The van der Waals surface area contributed by atoms with E-state index in [1.54, 1.807) is 0 Å². The lowest BCUT2D eigenvalue weighted by molar-refractivity contribution is -0.128. The summed E-state index contributed by atoms with van der Waals surface area (Å²) < 4.78 is 5.72. The van der Waals surface area contributed by atoms with Gasteiger partial charge in [-0.2, -0.15) is 0 Å². The maximum atomic E-state index is 12.2. The largest absolute Gasteiger partial charge is 0.481 e. The Morgan fingerprint density at radius 2 is 2.10 bits per heavy atom. The Morgan fingerprint density at radius 1 is 1.35 bits per heavy atom. The summed E-state index contributed by atoms with van der Waals surface area (Å²) in [6, 6.07) is 8.10. The van der Waals surface area contributed by atoms with E-state index in [1.807, 2.05) is 38.1 Å². The number of carbonyl (C=O) groups is 1. The highest BCUT2D eigenvalue weighted by atomic mass is 16.5.